The normalized spacial score (nSPS) is 19.5. The van der Waals surface area contributed by atoms with E-state index in [0.29, 0.717) is 12.5 Å². The first kappa shape index (κ1) is 15.7. The van der Waals surface area contributed by atoms with Gasteiger partial charge >= 0.3 is 0 Å². The van der Waals surface area contributed by atoms with Gasteiger partial charge in [-0.1, -0.05) is 24.3 Å². The molecule has 2 unspecified atom stereocenters. The average Bonchev–Trinajstić information content (AvgIpc) is 3.29. The summed E-state index contributed by atoms with van der Waals surface area (Å²) < 4.78 is 0. The second kappa shape index (κ2) is 6.54. The number of carbonyl (C=O) groups is 2. The summed E-state index contributed by atoms with van der Waals surface area (Å²) in [4.78, 5) is 26.1. The van der Waals surface area contributed by atoms with Crippen molar-refractivity contribution in [3.63, 3.8) is 0 Å². The lowest BCUT2D eigenvalue weighted by Crippen LogP contribution is -2.44. The van der Waals surface area contributed by atoms with Crippen molar-refractivity contribution < 1.29 is 9.59 Å². The molecule has 1 fully saturated rings. The van der Waals surface area contributed by atoms with Crippen LogP contribution in [0.3, 0.4) is 0 Å². The number of amides is 2. The van der Waals surface area contributed by atoms with Crippen LogP contribution in [0.15, 0.2) is 36.4 Å². The number of nitrogens with one attached hydrogen (secondary N) is 1. The maximum absolute atomic E-state index is 12.5. The van der Waals surface area contributed by atoms with E-state index in [9.17, 15) is 9.59 Å². The molecule has 3 rings (SSSR count). The third kappa shape index (κ3) is 3.62. The van der Waals surface area contributed by atoms with Crippen LogP contribution in [0.2, 0.25) is 0 Å². The monoisotopic (exact) mass is 313 g/mol. The lowest BCUT2D eigenvalue weighted by Gasteiger charge is -2.18. The van der Waals surface area contributed by atoms with Crippen molar-refractivity contribution in [2.45, 2.75) is 38.3 Å². The predicted octanol–water partition coefficient (Wildman–Crippen LogP) is 1.37. The van der Waals surface area contributed by atoms with E-state index in [0.717, 1.165) is 24.9 Å². The molecule has 1 saturated carbocycles. The Morgan fingerprint density at radius 3 is 2.78 bits per heavy atom. The lowest BCUT2D eigenvalue weighted by atomic mass is 10.1. The second-order valence-corrected chi connectivity index (χ2v) is 6.39. The molecule has 23 heavy (non-hydrogen) atoms. The fraction of sp³-hybridized carbons (Fsp3) is 0.444. The van der Waals surface area contributed by atoms with Gasteiger partial charge in [-0.05, 0) is 43.7 Å². The molecule has 1 aliphatic carbocycles. The first-order valence-corrected chi connectivity index (χ1v) is 8.20. The quantitative estimate of drug-likeness (QED) is 0.806. The molecule has 1 aromatic carbocycles. The summed E-state index contributed by atoms with van der Waals surface area (Å²) in [6.45, 7) is 2.37. The lowest BCUT2D eigenvalue weighted by molar-refractivity contribution is -0.122. The largest absolute Gasteiger partial charge is 0.348 e. The topological polar surface area (TPSA) is 75.4 Å². The van der Waals surface area contributed by atoms with Gasteiger partial charge in [-0.15, -0.1) is 0 Å². The first-order valence-electron chi connectivity index (χ1n) is 8.20. The molecule has 122 valence electrons. The van der Waals surface area contributed by atoms with Crippen LogP contribution >= 0.6 is 0 Å². The Hall–Kier alpha value is -2.14. The Bertz CT molecular complexity index is 635. The highest BCUT2D eigenvalue weighted by Gasteiger charge is 2.31. The van der Waals surface area contributed by atoms with Gasteiger partial charge < -0.3 is 16.0 Å². The van der Waals surface area contributed by atoms with Gasteiger partial charge in [-0.2, -0.15) is 0 Å². The van der Waals surface area contributed by atoms with Crippen molar-refractivity contribution in [2.75, 3.05) is 11.4 Å². The Morgan fingerprint density at radius 1 is 1.35 bits per heavy atom. The van der Waals surface area contributed by atoms with E-state index in [-0.39, 0.29) is 17.9 Å². The highest BCUT2D eigenvalue weighted by molar-refractivity contribution is 6.03. The molecule has 0 spiro atoms. The third-order valence-corrected chi connectivity index (χ3v) is 4.45. The molecule has 2 atom stereocenters. The van der Waals surface area contributed by atoms with Gasteiger partial charge in [-0.25, -0.2) is 0 Å². The highest BCUT2D eigenvalue weighted by Crippen LogP contribution is 2.33. The van der Waals surface area contributed by atoms with Crippen molar-refractivity contribution in [3.05, 3.63) is 42.0 Å². The molecule has 1 aromatic rings. The number of fused-ring (bicyclic) bond motifs is 1. The van der Waals surface area contributed by atoms with Gasteiger partial charge in [0, 0.05) is 18.3 Å². The fourth-order valence-corrected chi connectivity index (χ4v) is 2.92. The molecule has 2 amide bonds. The van der Waals surface area contributed by atoms with E-state index in [4.69, 9.17) is 5.73 Å². The number of carbonyl (C=O) groups excluding carboxylic acids is 2. The number of benzene rings is 1. The molecule has 0 saturated heterocycles. The Balaban J connectivity index is 1.66. The molecular weight excluding hydrogens is 290 g/mol. The summed E-state index contributed by atoms with van der Waals surface area (Å²) in [6.07, 6.45) is 6.46. The average molecular weight is 313 g/mol. The van der Waals surface area contributed by atoms with Crippen LogP contribution in [0.25, 0.3) is 0 Å². The van der Waals surface area contributed by atoms with Crippen molar-refractivity contribution in [1.82, 2.24) is 5.32 Å². The van der Waals surface area contributed by atoms with Gasteiger partial charge in [0.2, 0.25) is 5.91 Å². The van der Waals surface area contributed by atoms with Crippen molar-refractivity contribution in [1.29, 1.82) is 0 Å². The van der Waals surface area contributed by atoms with Crippen molar-refractivity contribution in [2.24, 2.45) is 11.7 Å². The minimum Gasteiger partial charge on any atom is -0.348 e. The SMILES string of the molecule is CC(N)C(=O)NC(C=CC(=O)N1CCc2ccccc21)C1CC1. The molecule has 1 heterocycles. The standard InChI is InChI=1S/C18H23N3O2/c1-12(19)18(23)20-15(13-6-7-13)8-9-17(22)21-11-10-14-4-2-3-5-16(14)21/h2-5,8-9,12-13,15H,6-7,10-11,19H2,1H3,(H,20,23). The van der Waals surface area contributed by atoms with Gasteiger partial charge in [0.25, 0.3) is 5.91 Å². The van der Waals surface area contributed by atoms with Crippen LogP contribution in [0.4, 0.5) is 5.69 Å². The molecule has 2 aliphatic rings. The fourth-order valence-electron chi connectivity index (χ4n) is 2.92. The van der Waals surface area contributed by atoms with E-state index < -0.39 is 6.04 Å². The van der Waals surface area contributed by atoms with Gasteiger partial charge in [0.15, 0.2) is 0 Å². The molecule has 3 N–H and O–H groups in total. The minimum atomic E-state index is -0.536. The maximum atomic E-state index is 12.5. The summed E-state index contributed by atoms with van der Waals surface area (Å²) in [5.74, 6) is 0.216. The maximum Gasteiger partial charge on any atom is 0.250 e. The van der Waals surface area contributed by atoms with Crippen LogP contribution in [-0.4, -0.2) is 30.4 Å². The minimum absolute atomic E-state index is 0.0318. The van der Waals surface area contributed by atoms with Crippen molar-refractivity contribution >= 4 is 17.5 Å². The van der Waals surface area contributed by atoms with Crippen LogP contribution in [0, 0.1) is 5.92 Å². The summed E-state index contributed by atoms with van der Waals surface area (Å²) in [5.41, 5.74) is 7.80. The smallest absolute Gasteiger partial charge is 0.250 e. The van der Waals surface area contributed by atoms with Crippen molar-refractivity contribution in [3.8, 4) is 0 Å². The molecule has 0 radical (unpaired) electrons. The first-order chi connectivity index (χ1) is 11.1. The van der Waals surface area contributed by atoms with Gasteiger partial charge in [0.1, 0.15) is 0 Å². The second-order valence-electron chi connectivity index (χ2n) is 6.39. The number of nitrogens with two attached hydrogens (primary N) is 1. The number of nitrogens with zero attached hydrogens (tertiary/aromatic N) is 1. The van der Waals surface area contributed by atoms with E-state index in [1.54, 1.807) is 17.9 Å². The summed E-state index contributed by atoms with van der Waals surface area (Å²) in [7, 11) is 0. The Kier molecular flexibility index (Phi) is 4.48. The van der Waals surface area contributed by atoms with Crippen LogP contribution in [-0.2, 0) is 16.0 Å². The zero-order valence-corrected chi connectivity index (χ0v) is 13.4. The molecule has 0 aromatic heterocycles. The summed E-state index contributed by atoms with van der Waals surface area (Å²) in [5, 5.41) is 2.92. The molecule has 5 heteroatoms. The summed E-state index contributed by atoms with van der Waals surface area (Å²) in [6, 6.07) is 7.34. The van der Waals surface area contributed by atoms with Gasteiger partial charge in [0.05, 0.1) is 12.1 Å². The van der Waals surface area contributed by atoms with Gasteiger partial charge in [-0.3, -0.25) is 9.59 Å². The molecule has 1 aliphatic heterocycles. The van der Waals surface area contributed by atoms with E-state index in [1.165, 1.54) is 5.56 Å². The number of hydrogen-bond donors (Lipinski definition) is 2. The number of para-hydroxylation sites is 1. The highest BCUT2D eigenvalue weighted by atomic mass is 16.2. The van der Waals surface area contributed by atoms with E-state index in [1.807, 2.05) is 24.3 Å². The molecule has 0 bridgehead atoms. The van der Waals surface area contributed by atoms with Crippen LogP contribution in [0.5, 0.6) is 0 Å². The van der Waals surface area contributed by atoms with E-state index >= 15 is 0 Å². The zero-order valence-electron chi connectivity index (χ0n) is 13.4. The predicted molar refractivity (Wildman–Crippen MR) is 89.9 cm³/mol. The third-order valence-electron chi connectivity index (χ3n) is 4.45. The van der Waals surface area contributed by atoms with Crippen LogP contribution < -0.4 is 16.0 Å². The van der Waals surface area contributed by atoms with E-state index in [2.05, 4.69) is 11.4 Å². The zero-order chi connectivity index (χ0) is 16.4. The molecular formula is C18H23N3O2. The Morgan fingerprint density at radius 2 is 2.09 bits per heavy atom. The number of hydrogen-bond acceptors (Lipinski definition) is 3. The number of anilines is 1. The Labute approximate surface area is 136 Å². The number of rotatable bonds is 5. The molecule has 5 nitrogen and oxygen atoms in total. The summed E-state index contributed by atoms with van der Waals surface area (Å²) >= 11 is 0. The van der Waals surface area contributed by atoms with Crippen LogP contribution in [0.1, 0.15) is 25.3 Å².